The molecule has 2 aliphatic rings. The molecule has 0 aliphatic carbocycles. The van der Waals surface area contributed by atoms with E-state index in [1.54, 1.807) is 0 Å². The molecule has 19 heavy (non-hydrogen) atoms. The normalized spacial score (nSPS) is 27.5. The second-order valence-electron chi connectivity index (χ2n) is 4.84. The maximum atomic E-state index is 11.6. The molecule has 1 atom stereocenters. The molecule has 2 heterocycles. The van der Waals surface area contributed by atoms with E-state index in [1.165, 1.54) is 0 Å². The summed E-state index contributed by atoms with van der Waals surface area (Å²) in [6.07, 6.45) is 7.42. The Morgan fingerprint density at radius 2 is 2.26 bits per heavy atom. The van der Waals surface area contributed by atoms with Crippen LogP contribution in [0.3, 0.4) is 0 Å². The number of nitrogens with zero attached hydrogens (tertiary/aromatic N) is 1. The van der Waals surface area contributed by atoms with Crippen molar-refractivity contribution in [2.24, 2.45) is 0 Å². The van der Waals surface area contributed by atoms with Crippen molar-refractivity contribution in [3.05, 3.63) is 12.3 Å². The zero-order valence-corrected chi connectivity index (χ0v) is 11.4. The average Bonchev–Trinajstić information content (AvgIpc) is 2.48. The first-order valence-electron chi connectivity index (χ1n) is 6.29. The van der Waals surface area contributed by atoms with Crippen molar-refractivity contribution >= 4 is 16.4 Å². The average molecular weight is 290 g/mol. The molecular weight excluding hydrogens is 272 g/mol. The lowest BCUT2D eigenvalue weighted by Gasteiger charge is -2.46. The van der Waals surface area contributed by atoms with E-state index in [1.807, 2.05) is 17.2 Å². The Morgan fingerprint density at radius 1 is 1.47 bits per heavy atom. The molecule has 2 aliphatic heterocycles. The first-order chi connectivity index (χ1) is 8.91. The van der Waals surface area contributed by atoms with E-state index in [9.17, 15) is 13.2 Å². The zero-order chi connectivity index (χ0) is 13.9. The van der Waals surface area contributed by atoms with Gasteiger partial charge in [0.25, 0.3) is 0 Å². The van der Waals surface area contributed by atoms with Crippen LogP contribution in [0.25, 0.3) is 0 Å². The fourth-order valence-electron chi connectivity index (χ4n) is 2.69. The van der Waals surface area contributed by atoms with E-state index >= 15 is 0 Å². The summed E-state index contributed by atoms with van der Waals surface area (Å²) >= 11 is 0. The summed E-state index contributed by atoms with van der Waals surface area (Å²) in [5.74, 6) is -0.947. The molecule has 0 aromatic carbocycles. The summed E-state index contributed by atoms with van der Waals surface area (Å²) in [7, 11) is -4.74. The summed E-state index contributed by atoms with van der Waals surface area (Å²) < 4.78 is 33.7. The molecule has 108 valence electrons. The summed E-state index contributed by atoms with van der Waals surface area (Å²) in [5, 5.41) is 3.30. The Morgan fingerprint density at radius 3 is 3.00 bits per heavy atom. The van der Waals surface area contributed by atoms with Crippen LogP contribution >= 0.6 is 0 Å². The van der Waals surface area contributed by atoms with Crippen LogP contribution in [0.1, 0.15) is 32.1 Å². The molecule has 2 N–H and O–H groups in total. The fourth-order valence-corrected chi connectivity index (χ4v) is 2.99. The number of fused-ring (bicyclic) bond motifs is 1. The highest BCUT2D eigenvalue weighted by Crippen LogP contribution is 2.31. The fraction of sp³-hybridized carbons (Fsp3) is 0.727. The topological polar surface area (TPSA) is 95.9 Å². The Labute approximate surface area is 112 Å². The number of rotatable bonds is 3. The van der Waals surface area contributed by atoms with Crippen LogP contribution < -0.4 is 5.32 Å². The summed E-state index contributed by atoms with van der Waals surface area (Å²) in [5.41, 5.74) is -0.604. The molecule has 1 fully saturated rings. The molecule has 0 radical (unpaired) electrons. The minimum atomic E-state index is -4.74. The van der Waals surface area contributed by atoms with E-state index in [2.05, 4.69) is 9.50 Å². The van der Waals surface area contributed by atoms with Crippen LogP contribution in [0.2, 0.25) is 0 Å². The minimum absolute atomic E-state index is 0.114. The van der Waals surface area contributed by atoms with Gasteiger partial charge in [0.05, 0.1) is 6.42 Å². The second-order valence-corrected chi connectivity index (χ2v) is 5.86. The number of carbonyl (C=O) groups is 1. The molecule has 2 rings (SSSR count). The van der Waals surface area contributed by atoms with Gasteiger partial charge in [-0.05, 0) is 31.9 Å². The molecule has 0 aromatic heterocycles. The van der Waals surface area contributed by atoms with E-state index in [4.69, 9.17) is 4.55 Å². The van der Waals surface area contributed by atoms with Crippen molar-refractivity contribution in [3.8, 4) is 0 Å². The van der Waals surface area contributed by atoms with E-state index in [-0.39, 0.29) is 6.42 Å². The predicted octanol–water partition coefficient (Wildman–Crippen LogP) is 0.412. The maximum absolute atomic E-state index is 11.6. The largest absolute Gasteiger partial charge is 0.448 e. The first-order valence-corrected chi connectivity index (χ1v) is 7.66. The number of hydrogen-bond acceptors (Lipinski definition) is 6. The number of hydrogen-bond donors (Lipinski definition) is 2. The first kappa shape index (κ1) is 14.3. The highest BCUT2D eigenvalue weighted by atomic mass is 32.3. The molecule has 1 saturated heterocycles. The molecule has 1 unspecified atom stereocenters. The Hall–Kier alpha value is -1.12. The molecule has 0 aromatic rings. The van der Waals surface area contributed by atoms with Crippen LogP contribution in [-0.2, 0) is 19.4 Å². The van der Waals surface area contributed by atoms with Crippen LogP contribution in [0.5, 0.6) is 0 Å². The lowest BCUT2D eigenvalue weighted by Crippen LogP contribution is -2.59. The van der Waals surface area contributed by atoms with Crippen LogP contribution in [0.4, 0.5) is 0 Å². The van der Waals surface area contributed by atoms with Gasteiger partial charge >= 0.3 is 16.4 Å². The lowest BCUT2D eigenvalue weighted by atomic mass is 9.92. The zero-order valence-electron chi connectivity index (χ0n) is 10.5. The number of carbonyl (C=O) groups excluding carboxylic acids is 1. The third kappa shape index (κ3) is 3.68. The molecular formula is C11H18N2O5S. The molecule has 0 amide bonds. The highest BCUT2D eigenvalue weighted by molar-refractivity contribution is 7.81. The Bertz CT molecular complexity index is 475. The van der Waals surface area contributed by atoms with E-state index in [0.717, 1.165) is 32.2 Å². The smallest absolute Gasteiger partial charge is 0.359 e. The molecule has 0 spiro atoms. The Balaban J connectivity index is 2.13. The molecule has 8 heteroatoms. The molecule has 0 bridgehead atoms. The van der Waals surface area contributed by atoms with Crippen LogP contribution in [0.15, 0.2) is 12.3 Å². The summed E-state index contributed by atoms with van der Waals surface area (Å²) in [4.78, 5) is 13.7. The van der Waals surface area contributed by atoms with E-state index in [0.29, 0.717) is 6.54 Å². The van der Waals surface area contributed by atoms with Crippen molar-refractivity contribution in [1.29, 1.82) is 0 Å². The summed E-state index contributed by atoms with van der Waals surface area (Å²) in [6, 6.07) is 0. The van der Waals surface area contributed by atoms with Crippen molar-refractivity contribution in [1.82, 2.24) is 10.2 Å². The third-order valence-corrected chi connectivity index (χ3v) is 3.87. The van der Waals surface area contributed by atoms with Gasteiger partial charge in [-0.1, -0.05) is 6.08 Å². The maximum Gasteiger partial charge on any atom is 0.448 e. The second kappa shape index (κ2) is 5.48. The van der Waals surface area contributed by atoms with Gasteiger partial charge in [-0.2, -0.15) is 8.42 Å². The lowest BCUT2D eigenvalue weighted by molar-refractivity contribution is -0.138. The van der Waals surface area contributed by atoms with Crippen molar-refractivity contribution < 1.29 is 21.9 Å². The number of piperidine rings is 1. The quantitative estimate of drug-likeness (QED) is 0.727. The predicted molar refractivity (Wildman–Crippen MR) is 67.3 cm³/mol. The van der Waals surface area contributed by atoms with Crippen molar-refractivity contribution in [3.63, 3.8) is 0 Å². The van der Waals surface area contributed by atoms with E-state index < -0.39 is 22.0 Å². The molecule has 7 nitrogen and oxygen atoms in total. The third-order valence-electron chi connectivity index (χ3n) is 3.47. The SMILES string of the molecule is O=C(CC12CCCCN1C=CCCN2)OS(=O)(=O)O. The standard InChI is InChI=1S/C11H18N2O5S/c14-10(18-19(15,16)17)9-11-5-1-3-7-13(11)8-4-2-6-12-11/h4,8,12H,1-3,5-7,9H2,(H,15,16,17). The summed E-state index contributed by atoms with van der Waals surface area (Å²) in [6.45, 7) is 1.52. The monoisotopic (exact) mass is 290 g/mol. The van der Waals surface area contributed by atoms with Crippen molar-refractivity contribution in [2.75, 3.05) is 13.1 Å². The van der Waals surface area contributed by atoms with Crippen LogP contribution in [-0.4, -0.2) is 42.6 Å². The minimum Gasteiger partial charge on any atom is -0.359 e. The van der Waals surface area contributed by atoms with Gasteiger partial charge < -0.3 is 9.08 Å². The van der Waals surface area contributed by atoms with Crippen molar-refractivity contribution in [2.45, 2.75) is 37.8 Å². The van der Waals surface area contributed by atoms with Gasteiger partial charge in [-0.3, -0.25) is 14.7 Å². The van der Waals surface area contributed by atoms with Gasteiger partial charge in [-0.25, -0.2) is 0 Å². The Kier molecular flexibility index (Phi) is 4.12. The number of nitrogens with one attached hydrogen (secondary N) is 1. The van der Waals surface area contributed by atoms with Gasteiger partial charge in [0.2, 0.25) is 0 Å². The van der Waals surface area contributed by atoms with Gasteiger partial charge in [0.15, 0.2) is 0 Å². The molecule has 0 saturated carbocycles. The van der Waals surface area contributed by atoms with Gasteiger partial charge in [-0.15, -0.1) is 0 Å². The van der Waals surface area contributed by atoms with Gasteiger partial charge in [0, 0.05) is 13.1 Å². The van der Waals surface area contributed by atoms with Gasteiger partial charge in [0.1, 0.15) is 5.66 Å². The highest BCUT2D eigenvalue weighted by Gasteiger charge is 2.40. The van der Waals surface area contributed by atoms with Crippen LogP contribution in [0, 0.1) is 0 Å².